The molecule has 0 N–H and O–H groups in total. The molecule has 0 radical (unpaired) electrons. The largest absolute Gasteiger partial charge is 0.294 e. The Labute approximate surface area is 65.4 Å². The van der Waals surface area contributed by atoms with E-state index in [1.54, 1.807) is 13.0 Å². The Hall–Kier alpha value is -0.0600. The topological polar surface area (TPSA) is 17.1 Å². The van der Waals surface area contributed by atoms with Gasteiger partial charge in [-0.05, 0) is 13.0 Å². The zero-order valence-corrected chi connectivity index (χ0v) is 7.16. The van der Waals surface area contributed by atoms with Gasteiger partial charge in [0, 0.05) is 0 Å². The second-order valence-electron chi connectivity index (χ2n) is 1.55. The van der Waals surface area contributed by atoms with Crippen LogP contribution in [0.3, 0.4) is 0 Å². The fraction of sp³-hybridized carbons (Fsp3) is 0.200. The summed E-state index contributed by atoms with van der Waals surface area (Å²) in [6.07, 6.45) is 0. The average molecular weight is 176 g/mol. The zero-order chi connectivity index (χ0) is 6.85. The van der Waals surface area contributed by atoms with Crippen molar-refractivity contribution in [2.24, 2.45) is 0 Å². The highest BCUT2D eigenvalue weighted by atomic mass is 32.9. The van der Waals surface area contributed by atoms with Gasteiger partial charge >= 0.3 is 0 Å². The van der Waals surface area contributed by atoms with Gasteiger partial charge in [0.05, 0.1) is 4.88 Å². The van der Waals surface area contributed by atoms with Crippen molar-refractivity contribution in [2.75, 3.05) is 0 Å². The van der Waals surface area contributed by atoms with E-state index in [2.05, 4.69) is 0 Å². The number of carbonyl (C=O) groups is 1. The van der Waals surface area contributed by atoms with Crippen LogP contribution in [0.25, 0.3) is 0 Å². The summed E-state index contributed by atoms with van der Waals surface area (Å²) in [6, 6.07) is 1.74. The van der Waals surface area contributed by atoms with Crippen LogP contribution in [0.2, 0.25) is 0 Å². The lowest BCUT2D eigenvalue weighted by atomic mass is 10.4. The Bertz CT molecular complexity index is 270. The van der Waals surface area contributed by atoms with Crippen LogP contribution in [0, 0.1) is 3.82 Å². The highest BCUT2D eigenvalue weighted by Gasteiger charge is 1.99. The summed E-state index contributed by atoms with van der Waals surface area (Å²) in [7, 11) is 2.91. The molecule has 0 unspecified atom stereocenters. The van der Waals surface area contributed by atoms with E-state index in [1.165, 1.54) is 20.7 Å². The molecule has 0 amide bonds. The SMILES string of the molecule is CC(=O)c1cc(=S)ss1. The zero-order valence-electron chi connectivity index (χ0n) is 4.71. The highest BCUT2D eigenvalue weighted by molar-refractivity contribution is 7.79. The van der Waals surface area contributed by atoms with E-state index in [0.29, 0.717) is 0 Å². The third-order valence-electron chi connectivity index (χ3n) is 0.810. The van der Waals surface area contributed by atoms with Crippen LogP contribution in [0.1, 0.15) is 16.6 Å². The quantitative estimate of drug-likeness (QED) is 0.372. The van der Waals surface area contributed by atoms with Crippen molar-refractivity contribution in [3.63, 3.8) is 0 Å². The number of Topliss-reactive ketones (excluding diaryl/α,β-unsaturated/α-hetero) is 1. The van der Waals surface area contributed by atoms with E-state index in [0.717, 1.165) is 8.70 Å². The van der Waals surface area contributed by atoms with Gasteiger partial charge in [0.15, 0.2) is 5.78 Å². The number of rotatable bonds is 1. The molecule has 0 fully saturated rings. The van der Waals surface area contributed by atoms with Crippen LogP contribution in [-0.4, -0.2) is 5.78 Å². The first-order valence-electron chi connectivity index (χ1n) is 2.31. The first-order valence-corrected chi connectivity index (χ1v) is 4.87. The van der Waals surface area contributed by atoms with Crippen LogP contribution >= 0.6 is 32.9 Å². The van der Waals surface area contributed by atoms with E-state index >= 15 is 0 Å². The van der Waals surface area contributed by atoms with Crippen LogP contribution in [0.4, 0.5) is 0 Å². The maximum absolute atomic E-state index is 10.6. The standard InChI is InChI=1S/C5H4OS3/c1-3(6)4-2-5(7)9-8-4/h2H,1H3. The second-order valence-corrected chi connectivity index (χ2v) is 4.46. The molecule has 0 aromatic carbocycles. The van der Waals surface area contributed by atoms with Crippen molar-refractivity contribution in [1.82, 2.24) is 0 Å². The summed E-state index contributed by atoms with van der Waals surface area (Å²) < 4.78 is 0.796. The molecule has 0 aliphatic carbocycles. The Morgan fingerprint density at radius 2 is 2.33 bits per heavy atom. The van der Waals surface area contributed by atoms with E-state index in [4.69, 9.17) is 12.2 Å². The van der Waals surface area contributed by atoms with Gasteiger partial charge in [-0.3, -0.25) is 4.79 Å². The Kier molecular flexibility index (Phi) is 2.10. The van der Waals surface area contributed by atoms with Gasteiger partial charge in [0.2, 0.25) is 0 Å². The summed E-state index contributed by atoms with van der Waals surface area (Å²) in [5, 5.41) is 0. The van der Waals surface area contributed by atoms with Gasteiger partial charge in [-0.15, -0.1) is 0 Å². The average Bonchev–Trinajstić information content (AvgIpc) is 2.14. The Morgan fingerprint density at radius 1 is 1.67 bits per heavy atom. The fourth-order valence-electron chi connectivity index (χ4n) is 0.401. The first-order chi connectivity index (χ1) is 4.20. The van der Waals surface area contributed by atoms with E-state index in [9.17, 15) is 4.79 Å². The predicted molar refractivity (Wildman–Crippen MR) is 43.0 cm³/mol. The molecule has 1 aromatic rings. The smallest absolute Gasteiger partial charge is 0.170 e. The minimum atomic E-state index is 0.104. The molecular weight excluding hydrogens is 172 g/mol. The van der Waals surface area contributed by atoms with Crippen molar-refractivity contribution < 1.29 is 4.79 Å². The van der Waals surface area contributed by atoms with Crippen molar-refractivity contribution in [2.45, 2.75) is 6.92 Å². The minimum absolute atomic E-state index is 0.104. The monoisotopic (exact) mass is 176 g/mol. The third-order valence-corrected chi connectivity index (χ3v) is 3.77. The number of carbonyl (C=O) groups excluding carboxylic acids is 1. The number of hydrogen-bond donors (Lipinski definition) is 0. The lowest BCUT2D eigenvalue weighted by Gasteiger charge is -1.78. The molecule has 1 rings (SSSR count). The summed E-state index contributed by atoms with van der Waals surface area (Å²) in [5.41, 5.74) is 0. The summed E-state index contributed by atoms with van der Waals surface area (Å²) in [5.74, 6) is 0.104. The lowest BCUT2D eigenvalue weighted by Crippen LogP contribution is -1.83. The molecule has 0 saturated heterocycles. The molecule has 0 atom stereocenters. The lowest BCUT2D eigenvalue weighted by molar-refractivity contribution is 0.102. The van der Waals surface area contributed by atoms with Crippen LogP contribution < -0.4 is 0 Å². The minimum Gasteiger partial charge on any atom is -0.294 e. The highest BCUT2D eigenvalue weighted by Crippen LogP contribution is 2.17. The number of ketones is 1. The van der Waals surface area contributed by atoms with Crippen molar-refractivity contribution in [1.29, 1.82) is 0 Å². The van der Waals surface area contributed by atoms with Gasteiger partial charge in [-0.25, -0.2) is 0 Å². The molecule has 0 bridgehead atoms. The molecule has 0 aliphatic heterocycles. The van der Waals surface area contributed by atoms with Crippen molar-refractivity contribution in [3.8, 4) is 0 Å². The summed E-state index contributed by atoms with van der Waals surface area (Å²) in [6.45, 7) is 1.55. The fourth-order valence-corrected chi connectivity index (χ4v) is 2.75. The molecule has 48 valence electrons. The van der Waals surface area contributed by atoms with Crippen LogP contribution in [-0.2, 0) is 0 Å². The second kappa shape index (κ2) is 2.68. The maximum Gasteiger partial charge on any atom is 0.170 e. The molecule has 1 aromatic heterocycles. The van der Waals surface area contributed by atoms with Crippen LogP contribution in [0.15, 0.2) is 6.07 Å². The van der Waals surface area contributed by atoms with Gasteiger partial charge in [-0.2, -0.15) is 0 Å². The molecule has 0 spiro atoms. The molecule has 1 nitrogen and oxygen atoms in total. The molecule has 9 heavy (non-hydrogen) atoms. The molecule has 4 heteroatoms. The molecule has 1 heterocycles. The van der Waals surface area contributed by atoms with E-state index in [-0.39, 0.29) is 5.78 Å². The molecule has 0 saturated carbocycles. The molecular formula is C5H4OS3. The van der Waals surface area contributed by atoms with E-state index in [1.807, 2.05) is 0 Å². The van der Waals surface area contributed by atoms with Crippen molar-refractivity contribution in [3.05, 3.63) is 14.8 Å². The first kappa shape index (κ1) is 7.05. The summed E-state index contributed by atoms with van der Waals surface area (Å²) in [4.78, 5) is 11.4. The van der Waals surface area contributed by atoms with Gasteiger partial charge < -0.3 is 0 Å². The normalized spacial score (nSPS) is 9.44. The number of hydrogen-bond acceptors (Lipinski definition) is 4. The van der Waals surface area contributed by atoms with E-state index < -0.39 is 0 Å². The van der Waals surface area contributed by atoms with Gasteiger partial charge in [-0.1, -0.05) is 32.9 Å². The van der Waals surface area contributed by atoms with Gasteiger partial charge in [0.25, 0.3) is 0 Å². The van der Waals surface area contributed by atoms with Crippen molar-refractivity contribution >= 4 is 38.7 Å². The predicted octanol–water partition coefficient (Wildman–Crippen LogP) is 2.74. The maximum atomic E-state index is 10.6. The Morgan fingerprint density at radius 3 is 2.56 bits per heavy atom. The molecule has 0 aliphatic rings. The van der Waals surface area contributed by atoms with Crippen LogP contribution in [0.5, 0.6) is 0 Å². The third kappa shape index (κ3) is 1.67. The summed E-state index contributed by atoms with van der Waals surface area (Å²) >= 11 is 4.83. The Balaban J connectivity index is 3.12. The van der Waals surface area contributed by atoms with Gasteiger partial charge in [0.1, 0.15) is 3.82 Å².